The minimum Gasteiger partial charge on any atom is -0.497 e. The summed E-state index contributed by atoms with van der Waals surface area (Å²) in [5.74, 6) is 1.89. The largest absolute Gasteiger partial charge is 0.497 e. The highest BCUT2D eigenvalue weighted by Gasteiger charge is 2.22. The van der Waals surface area contributed by atoms with Crippen molar-refractivity contribution in [1.29, 1.82) is 0 Å². The summed E-state index contributed by atoms with van der Waals surface area (Å²) in [6.07, 6.45) is 2.89. The molecule has 0 saturated heterocycles. The smallest absolute Gasteiger partial charge is 0.415 e. The zero-order chi connectivity index (χ0) is 23.9. The van der Waals surface area contributed by atoms with E-state index < -0.39 is 6.09 Å². The Balaban J connectivity index is 1.46. The number of anilines is 1. The number of benzene rings is 2. The molecule has 0 atom stereocenters. The second-order valence-corrected chi connectivity index (χ2v) is 7.44. The SMILES string of the molecule is COC(=O)N(Cc1cn(Cc2ccc(OC)cc2)nn1)c1cn(Cc2cccc(OC)c2)nn1. The van der Waals surface area contributed by atoms with Crippen LogP contribution >= 0.6 is 0 Å². The van der Waals surface area contributed by atoms with Crippen LogP contribution in [0.15, 0.2) is 60.9 Å². The molecule has 1 amide bonds. The lowest BCUT2D eigenvalue weighted by molar-refractivity contribution is 0.178. The highest BCUT2D eigenvalue weighted by Crippen LogP contribution is 2.17. The highest BCUT2D eigenvalue weighted by molar-refractivity contribution is 5.85. The van der Waals surface area contributed by atoms with Crippen molar-refractivity contribution in [3.05, 3.63) is 77.7 Å². The normalized spacial score (nSPS) is 10.7. The first-order valence-corrected chi connectivity index (χ1v) is 10.5. The van der Waals surface area contributed by atoms with Crippen molar-refractivity contribution in [2.75, 3.05) is 26.2 Å². The van der Waals surface area contributed by atoms with Crippen LogP contribution in [0.2, 0.25) is 0 Å². The predicted molar refractivity (Wildman–Crippen MR) is 123 cm³/mol. The van der Waals surface area contributed by atoms with Gasteiger partial charge in [-0.15, -0.1) is 10.2 Å². The molecule has 0 fully saturated rings. The van der Waals surface area contributed by atoms with Gasteiger partial charge in [0.25, 0.3) is 0 Å². The van der Waals surface area contributed by atoms with Gasteiger partial charge < -0.3 is 14.2 Å². The quantitative estimate of drug-likeness (QED) is 0.373. The van der Waals surface area contributed by atoms with Gasteiger partial charge in [0.15, 0.2) is 5.82 Å². The Morgan fingerprint density at radius 1 is 0.853 bits per heavy atom. The molecule has 34 heavy (non-hydrogen) atoms. The van der Waals surface area contributed by atoms with Crippen LogP contribution in [-0.2, 0) is 24.4 Å². The number of rotatable bonds is 9. The molecule has 0 saturated carbocycles. The van der Waals surface area contributed by atoms with Gasteiger partial charge in [-0.3, -0.25) is 4.90 Å². The van der Waals surface area contributed by atoms with E-state index in [1.807, 2.05) is 48.5 Å². The summed E-state index contributed by atoms with van der Waals surface area (Å²) in [6.45, 7) is 1.14. The average molecular weight is 463 g/mol. The van der Waals surface area contributed by atoms with E-state index in [0.29, 0.717) is 24.6 Å². The van der Waals surface area contributed by atoms with Gasteiger partial charge >= 0.3 is 6.09 Å². The van der Waals surface area contributed by atoms with Crippen molar-refractivity contribution in [2.24, 2.45) is 0 Å². The maximum absolute atomic E-state index is 12.5. The third-order valence-corrected chi connectivity index (χ3v) is 5.09. The van der Waals surface area contributed by atoms with Gasteiger partial charge in [0.05, 0.1) is 53.4 Å². The number of hydrogen-bond acceptors (Lipinski definition) is 8. The fourth-order valence-electron chi connectivity index (χ4n) is 3.36. The van der Waals surface area contributed by atoms with Gasteiger partial charge in [-0.05, 0) is 35.4 Å². The topological polar surface area (TPSA) is 109 Å². The maximum Gasteiger partial charge on any atom is 0.415 e. The number of carbonyl (C=O) groups excluding carboxylic acids is 1. The lowest BCUT2D eigenvalue weighted by Crippen LogP contribution is -2.30. The van der Waals surface area contributed by atoms with E-state index in [2.05, 4.69) is 20.6 Å². The first-order chi connectivity index (χ1) is 16.6. The Bertz CT molecular complexity index is 1240. The summed E-state index contributed by atoms with van der Waals surface area (Å²) in [4.78, 5) is 13.8. The molecule has 2 aromatic heterocycles. The Morgan fingerprint density at radius 2 is 1.56 bits per heavy atom. The van der Waals surface area contributed by atoms with Gasteiger partial charge in [-0.1, -0.05) is 34.7 Å². The van der Waals surface area contributed by atoms with Crippen molar-refractivity contribution in [2.45, 2.75) is 19.6 Å². The lowest BCUT2D eigenvalue weighted by Gasteiger charge is -2.16. The van der Waals surface area contributed by atoms with E-state index in [1.165, 1.54) is 12.0 Å². The van der Waals surface area contributed by atoms with Crippen LogP contribution in [0.1, 0.15) is 16.8 Å². The maximum atomic E-state index is 12.5. The molecular formula is C23H25N7O4. The number of carbonyl (C=O) groups is 1. The Hall–Kier alpha value is -4.41. The first kappa shape index (κ1) is 22.8. The van der Waals surface area contributed by atoms with E-state index in [1.54, 1.807) is 36.0 Å². The van der Waals surface area contributed by atoms with Gasteiger partial charge in [-0.25, -0.2) is 14.2 Å². The molecule has 2 heterocycles. The molecule has 0 aliphatic rings. The molecule has 0 bridgehead atoms. The zero-order valence-corrected chi connectivity index (χ0v) is 19.2. The number of nitrogens with zero attached hydrogens (tertiary/aromatic N) is 7. The molecule has 11 heteroatoms. The number of hydrogen-bond donors (Lipinski definition) is 0. The summed E-state index contributed by atoms with van der Waals surface area (Å²) in [7, 11) is 4.56. The van der Waals surface area contributed by atoms with Gasteiger partial charge in [-0.2, -0.15) is 0 Å². The van der Waals surface area contributed by atoms with E-state index in [0.717, 1.165) is 22.6 Å². The summed E-state index contributed by atoms with van der Waals surface area (Å²) in [6, 6.07) is 15.4. The molecule has 0 spiro atoms. The molecule has 2 aromatic carbocycles. The number of aromatic nitrogens is 6. The van der Waals surface area contributed by atoms with Crippen LogP contribution in [0.5, 0.6) is 11.5 Å². The molecule has 4 rings (SSSR count). The Morgan fingerprint density at radius 3 is 2.29 bits per heavy atom. The van der Waals surface area contributed by atoms with E-state index >= 15 is 0 Å². The number of ether oxygens (including phenoxy) is 3. The van der Waals surface area contributed by atoms with Crippen molar-refractivity contribution >= 4 is 11.9 Å². The van der Waals surface area contributed by atoms with Crippen molar-refractivity contribution in [3.8, 4) is 11.5 Å². The second-order valence-electron chi connectivity index (χ2n) is 7.44. The monoisotopic (exact) mass is 463 g/mol. The molecule has 0 radical (unpaired) electrons. The third-order valence-electron chi connectivity index (χ3n) is 5.09. The molecule has 0 N–H and O–H groups in total. The molecule has 0 unspecified atom stereocenters. The van der Waals surface area contributed by atoms with Gasteiger partial charge in [0, 0.05) is 0 Å². The minimum absolute atomic E-state index is 0.132. The first-order valence-electron chi connectivity index (χ1n) is 10.5. The fraction of sp³-hybridized carbons (Fsp3) is 0.261. The van der Waals surface area contributed by atoms with Gasteiger partial charge in [0.1, 0.15) is 17.2 Å². The standard InChI is InChI=1S/C23H25N7O4/c1-32-20-9-7-17(8-10-20)12-28-14-19(24-26-28)15-30(23(31)34-3)22-16-29(27-25-22)13-18-5-4-6-21(11-18)33-2/h4-11,14,16H,12-13,15H2,1-3H3. The van der Waals surface area contributed by atoms with Crippen LogP contribution in [0.3, 0.4) is 0 Å². The summed E-state index contributed by atoms with van der Waals surface area (Å²) < 4.78 is 18.7. The number of methoxy groups -OCH3 is 3. The van der Waals surface area contributed by atoms with Crippen LogP contribution in [-0.4, -0.2) is 57.4 Å². The van der Waals surface area contributed by atoms with Crippen molar-refractivity contribution < 1.29 is 19.0 Å². The van der Waals surface area contributed by atoms with Crippen molar-refractivity contribution in [1.82, 2.24) is 30.0 Å². The third kappa shape index (κ3) is 5.49. The van der Waals surface area contributed by atoms with Crippen LogP contribution in [0.25, 0.3) is 0 Å². The molecule has 0 aliphatic carbocycles. The fourth-order valence-corrected chi connectivity index (χ4v) is 3.36. The Kier molecular flexibility index (Phi) is 7.01. The summed E-state index contributed by atoms with van der Waals surface area (Å²) in [5.41, 5.74) is 2.62. The Labute approximate surface area is 196 Å². The van der Waals surface area contributed by atoms with Crippen LogP contribution in [0.4, 0.5) is 10.6 Å². The van der Waals surface area contributed by atoms with Gasteiger partial charge in [0.2, 0.25) is 0 Å². The molecule has 4 aromatic rings. The molecule has 11 nitrogen and oxygen atoms in total. The van der Waals surface area contributed by atoms with Crippen LogP contribution < -0.4 is 14.4 Å². The lowest BCUT2D eigenvalue weighted by atomic mass is 10.2. The highest BCUT2D eigenvalue weighted by atomic mass is 16.5. The van der Waals surface area contributed by atoms with Crippen LogP contribution in [0, 0.1) is 0 Å². The minimum atomic E-state index is -0.571. The molecular weight excluding hydrogens is 438 g/mol. The molecule has 0 aliphatic heterocycles. The average Bonchev–Trinajstić information content (AvgIpc) is 3.52. The number of amides is 1. The predicted octanol–water partition coefficient (Wildman–Crippen LogP) is 2.76. The second kappa shape index (κ2) is 10.5. The van der Waals surface area contributed by atoms with E-state index in [9.17, 15) is 4.79 Å². The van der Waals surface area contributed by atoms with E-state index in [-0.39, 0.29) is 6.54 Å². The summed E-state index contributed by atoms with van der Waals surface area (Å²) >= 11 is 0. The van der Waals surface area contributed by atoms with Crippen molar-refractivity contribution in [3.63, 3.8) is 0 Å². The summed E-state index contributed by atoms with van der Waals surface area (Å²) in [5, 5.41) is 16.7. The van der Waals surface area contributed by atoms with E-state index in [4.69, 9.17) is 14.2 Å². The zero-order valence-electron chi connectivity index (χ0n) is 19.2. The molecule has 176 valence electrons.